The zero-order valence-corrected chi connectivity index (χ0v) is 10.9. The van der Waals surface area contributed by atoms with Crippen molar-refractivity contribution in [1.29, 1.82) is 0 Å². The highest BCUT2D eigenvalue weighted by Crippen LogP contribution is 2.28. The summed E-state index contributed by atoms with van der Waals surface area (Å²) in [6.07, 6.45) is 5.43. The summed E-state index contributed by atoms with van der Waals surface area (Å²) >= 11 is 2.10. The quantitative estimate of drug-likeness (QED) is 0.802. The summed E-state index contributed by atoms with van der Waals surface area (Å²) in [6.45, 7) is 4.61. The second-order valence-electron chi connectivity index (χ2n) is 4.46. The highest BCUT2D eigenvalue weighted by molar-refractivity contribution is 7.99. The summed E-state index contributed by atoms with van der Waals surface area (Å²) in [5.41, 5.74) is 0. The smallest absolute Gasteiger partial charge is 0.170 e. The first-order valence-corrected chi connectivity index (χ1v) is 7.53. The standard InChI is InChI=1S/C12H23NO2S/c1-2-16-11-6-4-3-5-10(11)13-9-12-14-7-8-15-12/h10-13H,2-9H2,1H3/t10-,11+/m1/s1. The molecule has 1 heterocycles. The molecular formula is C12H23NO2S. The fraction of sp³-hybridized carbons (Fsp3) is 1.00. The molecule has 2 rings (SSSR count). The minimum Gasteiger partial charge on any atom is -0.349 e. The first-order chi connectivity index (χ1) is 7.90. The number of rotatable bonds is 5. The molecule has 2 aliphatic rings. The van der Waals surface area contributed by atoms with Gasteiger partial charge in [-0.15, -0.1) is 0 Å². The van der Waals surface area contributed by atoms with Crippen molar-refractivity contribution in [2.45, 2.75) is 50.2 Å². The first kappa shape index (κ1) is 12.7. The van der Waals surface area contributed by atoms with Gasteiger partial charge in [0.1, 0.15) is 0 Å². The van der Waals surface area contributed by atoms with Gasteiger partial charge in [0, 0.05) is 17.8 Å². The lowest BCUT2D eigenvalue weighted by Crippen LogP contribution is -2.44. The summed E-state index contributed by atoms with van der Waals surface area (Å²) in [7, 11) is 0. The van der Waals surface area contributed by atoms with Crippen LogP contribution in [0.1, 0.15) is 32.6 Å². The SMILES string of the molecule is CCS[C@H]1CCCC[C@H]1NCC1OCCO1. The molecule has 1 aliphatic heterocycles. The average molecular weight is 245 g/mol. The molecule has 0 aromatic carbocycles. The fourth-order valence-corrected chi connectivity index (χ4v) is 3.74. The van der Waals surface area contributed by atoms with E-state index in [4.69, 9.17) is 9.47 Å². The number of hydrogen-bond donors (Lipinski definition) is 1. The van der Waals surface area contributed by atoms with Crippen LogP contribution in [0.15, 0.2) is 0 Å². The van der Waals surface area contributed by atoms with Gasteiger partial charge in [-0.2, -0.15) is 11.8 Å². The van der Waals surface area contributed by atoms with E-state index in [0.717, 1.165) is 25.0 Å². The minimum absolute atomic E-state index is 0.00537. The summed E-state index contributed by atoms with van der Waals surface area (Å²) < 4.78 is 10.9. The van der Waals surface area contributed by atoms with Crippen molar-refractivity contribution in [1.82, 2.24) is 5.32 Å². The Morgan fingerprint density at radius 2 is 1.94 bits per heavy atom. The van der Waals surface area contributed by atoms with Crippen LogP contribution in [-0.2, 0) is 9.47 Å². The van der Waals surface area contributed by atoms with Crippen LogP contribution in [0.3, 0.4) is 0 Å². The van der Waals surface area contributed by atoms with E-state index >= 15 is 0 Å². The molecule has 2 fully saturated rings. The van der Waals surface area contributed by atoms with Crippen LogP contribution >= 0.6 is 11.8 Å². The van der Waals surface area contributed by atoms with Crippen LogP contribution in [0.4, 0.5) is 0 Å². The third kappa shape index (κ3) is 3.62. The molecule has 0 unspecified atom stereocenters. The Labute approximate surface area is 103 Å². The maximum atomic E-state index is 5.45. The van der Waals surface area contributed by atoms with Crippen molar-refractivity contribution in [3.05, 3.63) is 0 Å². The molecule has 4 heteroatoms. The predicted octanol–water partition coefficient (Wildman–Crippen LogP) is 2.01. The molecule has 0 spiro atoms. The number of nitrogens with one attached hydrogen (secondary N) is 1. The number of ether oxygens (including phenoxy) is 2. The van der Waals surface area contributed by atoms with Crippen LogP contribution in [0, 0.1) is 0 Å². The maximum Gasteiger partial charge on any atom is 0.170 e. The van der Waals surface area contributed by atoms with Crippen LogP contribution < -0.4 is 5.32 Å². The van der Waals surface area contributed by atoms with E-state index < -0.39 is 0 Å². The molecule has 0 amide bonds. The predicted molar refractivity (Wildman–Crippen MR) is 67.9 cm³/mol. The number of thioether (sulfide) groups is 1. The van der Waals surface area contributed by atoms with Crippen molar-refractivity contribution < 1.29 is 9.47 Å². The molecule has 3 nitrogen and oxygen atoms in total. The third-order valence-electron chi connectivity index (χ3n) is 3.32. The zero-order chi connectivity index (χ0) is 11.2. The third-order valence-corrected chi connectivity index (χ3v) is 4.65. The molecule has 1 saturated carbocycles. The molecule has 0 aromatic heterocycles. The summed E-state index contributed by atoms with van der Waals surface area (Å²) in [6, 6.07) is 0.659. The topological polar surface area (TPSA) is 30.5 Å². The fourth-order valence-electron chi connectivity index (χ4n) is 2.52. The lowest BCUT2D eigenvalue weighted by atomic mass is 9.95. The lowest BCUT2D eigenvalue weighted by Gasteiger charge is -2.32. The van der Waals surface area contributed by atoms with E-state index in [-0.39, 0.29) is 6.29 Å². The van der Waals surface area contributed by atoms with E-state index in [0.29, 0.717) is 6.04 Å². The molecule has 16 heavy (non-hydrogen) atoms. The molecule has 2 atom stereocenters. The summed E-state index contributed by atoms with van der Waals surface area (Å²) in [5.74, 6) is 1.22. The first-order valence-electron chi connectivity index (χ1n) is 6.48. The number of hydrogen-bond acceptors (Lipinski definition) is 4. The van der Waals surface area contributed by atoms with Crippen LogP contribution in [-0.4, -0.2) is 43.1 Å². The Balaban J connectivity index is 1.72. The molecule has 0 radical (unpaired) electrons. The Bertz CT molecular complexity index is 195. The highest BCUT2D eigenvalue weighted by atomic mass is 32.2. The average Bonchev–Trinajstić information content (AvgIpc) is 2.81. The van der Waals surface area contributed by atoms with E-state index in [1.807, 2.05) is 0 Å². The van der Waals surface area contributed by atoms with Gasteiger partial charge in [-0.25, -0.2) is 0 Å². The van der Waals surface area contributed by atoms with Gasteiger partial charge in [0.2, 0.25) is 0 Å². The van der Waals surface area contributed by atoms with Crippen molar-refractivity contribution in [3.8, 4) is 0 Å². The molecule has 0 bridgehead atoms. The minimum atomic E-state index is -0.00537. The van der Waals surface area contributed by atoms with Gasteiger partial charge in [-0.1, -0.05) is 19.8 Å². The Morgan fingerprint density at radius 1 is 1.19 bits per heavy atom. The van der Waals surface area contributed by atoms with Gasteiger partial charge >= 0.3 is 0 Å². The van der Waals surface area contributed by atoms with Gasteiger partial charge in [0.05, 0.1) is 13.2 Å². The van der Waals surface area contributed by atoms with E-state index in [1.165, 1.54) is 31.4 Å². The molecule has 0 aromatic rings. The Hall–Kier alpha value is 0.230. The van der Waals surface area contributed by atoms with Gasteiger partial charge in [0.15, 0.2) is 6.29 Å². The van der Waals surface area contributed by atoms with Gasteiger partial charge in [-0.05, 0) is 18.6 Å². The van der Waals surface area contributed by atoms with Crippen molar-refractivity contribution in [2.75, 3.05) is 25.5 Å². The molecule has 1 N–H and O–H groups in total. The van der Waals surface area contributed by atoms with Crippen molar-refractivity contribution >= 4 is 11.8 Å². The maximum absolute atomic E-state index is 5.45. The highest BCUT2D eigenvalue weighted by Gasteiger charge is 2.26. The van der Waals surface area contributed by atoms with E-state index in [9.17, 15) is 0 Å². The summed E-state index contributed by atoms with van der Waals surface area (Å²) in [4.78, 5) is 0. The lowest BCUT2D eigenvalue weighted by molar-refractivity contribution is -0.0410. The molecular weight excluding hydrogens is 222 g/mol. The molecule has 1 aliphatic carbocycles. The van der Waals surface area contributed by atoms with Crippen LogP contribution in [0.5, 0.6) is 0 Å². The second-order valence-corrected chi connectivity index (χ2v) is 5.98. The second kappa shape index (κ2) is 6.84. The van der Waals surface area contributed by atoms with Gasteiger partial charge in [0.25, 0.3) is 0 Å². The Morgan fingerprint density at radius 3 is 2.69 bits per heavy atom. The van der Waals surface area contributed by atoms with E-state index in [1.54, 1.807) is 0 Å². The molecule has 1 saturated heterocycles. The Kier molecular flexibility index (Phi) is 5.42. The van der Waals surface area contributed by atoms with E-state index in [2.05, 4.69) is 24.0 Å². The van der Waals surface area contributed by atoms with Crippen molar-refractivity contribution in [2.24, 2.45) is 0 Å². The normalized spacial score (nSPS) is 32.1. The van der Waals surface area contributed by atoms with Gasteiger partial charge in [-0.3, -0.25) is 0 Å². The largest absolute Gasteiger partial charge is 0.349 e. The molecule has 94 valence electrons. The zero-order valence-electron chi connectivity index (χ0n) is 10.1. The summed E-state index contributed by atoms with van der Waals surface area (Å²) in [5, 5.41) is 4.42. The van der Waals surface area contributed by atoms with Crippen LogP contribution in [0.25, 0.3) is 0 Å². The van der Waals surface area contributed by atoms with Gasteiger partial charge < -0.3 is 14.8 Å². The van der Waals surface area contributed by atoms with Crippen molar-refractivity contribution in [3.63, 3.8) is 0 Å². The van der Waals surface area contributed by atoms with Crippen LogP contribution in [0.2, 0.25) is 0 Å². The monoisotopic (exact) mass is 245 g/mol.